The fourth-order valence-electron chi connectivity index (χ4n) is 15.7. The van der Waals surface area contributed by atoms with Crippen molar-refractivity contribution in [3.63, 3.8) is 0 Å². The second kappa shape index (κ2) is 42.5. The number of aromatic nitrogens is 7. The standard InChI is InChI=1S/C18H12NS.2C18H14N.C15H12N2.C12H11N2.C12H10N.C12H8.C11H8N.2Ir/c1-2-7-16-13(5-1)14-9-8-12-11-19-10-4-3-6-15(19)17(12)18(14)20-16;1-2-6-14(7-3-1)15-9-10-16-13-19-11-5-4-8-18(19)17(16)12-15;1-14-12-18(16-10-6-3-7-11-16)19-13-17(14)15-8-4-2-5-9-15;1-3-7-14(8-4-1)16-11-12-17(13-16)15-9-5-2-6-10-15;1-9-6-7-14-8-10-4-2-3-5-11(10)12(14)13-9;1-2-6-11-10(5-1)9-13-8-4-3-7-12(11)13;1-3-7-11(8-4-1)12-9-5-2-6-10-12;1-2-6-10(7-3-1)11-8-4-5-9-12-11;;/h1-10H,11H2;1-12H,13H2;2-10,12-13H,1H3;1-9,11-13H;2-7H,8H2,1H3;1-8H,9H2;1-7,9H;1-6,8-9H;;/q2*+1;-1;-2;2*+1;-2;-1;;/i;;;;;1D,2D,3D,4D,5D,6D,7D;;;;. The fourth-order valence-corrected chi connectivity index (χ4v) is 17.0. The van der Waals surface area contributed by atoms with E-state index in [1.54, 1.807) is 10.8 Å². The van der Waals surface area contributed by atoms with Crippen molar-refractivity contribution >= 4 is 42.9 Å². The number of para-hydroxylation sites is 2. The van der Waals surface area contributed by atoms with Crippen molar-refractivity contribution in [1.82, 2.24) is 15.0 Å². The molecule has 624 valence electrons. The molecule has 5 aliphatic heterocycles. The van der Waals surface area contributed by atoms with Gasteiger partial charge in [0.2, 0.25) is 17.1 Å². The molecule has 128 heavy (non-hydrogen) atoms. The van der Waals surface area contributed by atoms with E-state index in [4.69, 9.17) is 9.60 Å². The van der Waals surface area contributed by atoms with E-state index < -0.39 is 0 Å². The van der Waals surface area contributed by atoms with Crippen LogP contribution in [-0.4, -0.2) is 15.0 Å². The summed E-state index contributed by atoms with van der Waals surface area (Å²) in [4.78, 5) is 17.5. The number of benzene rings is 13. The molecule has 0 amide bonds. The predicted molar refractivity (Wildman–Crippen MR) is 512 cm³/mol. The summed E-state index contributed by atoms with van der Waals surface area (Å²) in [6.07, 6.45) is 15.6. The minimum atomic E-state index is -0.344. The van der Waals surface area contributed by atoms with Gasteiger partial charge in [-0.3, -0.25) is 0 Å². The predicted octanol–water partition coefficient (Wildman–Crippen LogP) is 25.2. The molecule has 0 atom stereocenters. The molecule has 9 nitrogen and oxygen atoms in total. The van der Waals surface area contributed by atoms with E-state index >= 15 is 0 Å². The third-order valence-electron chi connectivity index (χ3n) is 21.9. The summed E-state index contributed by atoms with van der Waals surface area (Å²) < 4.78 is 65.7. The Hall–Kier alpha value is -14.5. The second-order valence-corrected chi connectivity index (χ2v) is 31.2. The topological polar surface area (TPSA) is 60.7 Å². The molecular weight excluding hydrogens is 1940 g/mol. The molecule has 0 aliphatic carbocycles. The van der Waals surface area contributed by atoms with Crippen LogP contribution in [0.1, 0.15) is 43.1 Å². The van der Waals surface area contributed by atoms with Gasteiger partial charge in [0.15, 0.2) is 43.9 Å². The van der Waals surface area contributed by atoms with Gasteiger partial charge < -0.3 is 19.8 Å². The van der Waals surface area contributed by atoms with Gasteiger partial charge in [-0.1, -0.05) is 176 Å². The molecule has 0 unspecified atom stereocenters. The zero-order valence-corrected chi connectivity index (χ0v) is 75.8. The third kappa shape index (κ3) is 20.7. The Morgan fingerprint density at radius 1 is 0.367 bits per heavy atom. The Labute approximate surface area is 791 Å². The van der Waals surface area contributed by atoms with Crippen molar-refractivity contribution in [1.29, 1.82) is 0 Å². The monoisotopic (exact) mass is 2030 g/mol. The Morgan fingerprint density at radius 2 is 0.930 bits per heavy atom. The summed E-state index contributed by atoms with van der Waals surface area (Å²) in [5, 5.41) is 2.77. The van der Waals surface area contributed by atoms with Crippen LogP contribution < -0.4 is 28.1 Å². The smallest absolute Gasteiger partial charge is 0.331 e. The average Bonchev–Trinajstić information content (AvgIpc) is 1.59. The van der Waals surface area contributed by atoms with E-state index in [1.165, 1.54) is 99.0 Å². The van der Waals surface area contributed by atoms with E-state index in [9.17, 15) is 0 Å². The molecule has 7 aromatic heterocycles. The molecular formula is C116H89Ir2N9S-2. The molecule has 12 heteroatoms. The largest absolute Gasteiger partial charge is 0.500 e. The molecule has 0 fully saturated rings. The summed E-state index contributed by atoms with van der Waals surface area (Å²) in [7, 11) is 0. The molecule has 12 heterocycles. The third-order valence-corrected chi connectivity index (χ3v) is 23.1. The van der Waals surface area contributed by atoms with E-state index in [0.717, 1.165) is 76.2 Å². The molecule has 20 aromatic rings. The fraction of sp³-hybridized carbons (Fsp3) is 0.0517. The van der Waals surface area contributed by atoms with E-state index in [2.05, 4.69) is 271 Å². The number of aryl methyl sites for hydroxylation is 2. The number of hydrogen-bond donors (Lipinski definition) is 0. The quantitative estimate of drug-likeness (QED) is 0.118. The normalized spacial score (nSPS) is 12.4. The summed E-state index contributed by atoms with van der Waals surface area (Å²) in [6.45, 7) is 9.33. The first kappa shape index (κ1) is 78.3. The van der Waals surface area contributed by atoms with Crippen molar-refractivity contribution in [2.45, 2.75) is 40.0 Å². The van der Waals surface area contributed by atoms with Gasteiger partial charge in [0.05, 0.1) is 38.0 Å². The SMILES string of the molecule is Cc1cc(-c2[c-]cccc2)ncc1-c1ccccc1.Cc1cc[n+]2c(n1)-c1ccccc1C2.[2H]c1c[n+]2c(c([2H])c1[2H])-c1c([2H])c([2H])c([2H])c([2H])c1C2.[Ir].[Ir].[c-]1ccccc1-c1[c-]cccc1.[c-]1ccccc1-c1ccccn1.[c-]1ccccc1N1C=CN(c2ccccc2)[CH-]1.c1cc[n+]2c(c1)-c1c(ccc3c1sc1ccccc13)C2.c1ccc(-c2ccc3c(c2)-c2cccc[n+]2C3)cc1. The van der Waals surface area contributed by atoms with Gasteiger partial charge in [0.25, 0.3) is 0 Å². The minimum Gasteiger partial charge on any atom is -0.500 e. The molecule has 13 aromatic carbocycles. The number of fused-ring (bicyclic) bond motifs is 16. The summed E-state index contributed by atoms with van der Waals surface area (Å²) in [6, 6.07) is 136. The Balaban J connectivity index is 0.000000113. The number of anilines is 2. The zero-order chi connectivity index (χ0) is 91.1. The van der Waals surface area contributed by atoms with Gasteiger partial charge in [-0.25, -0.2) is 15.7 Å². The van der Waals surface area contributed by atoms with Crippen molar-refractivity contribution in [2.75, 3.05) is 9.80 Å². The van der Waals surface area contributed by atoms with Crippen LogP contribution in [0.15, 0.2) is 450 Å². The van der Waals surface area contributed by atoms with Gasteiger partial charge in [-0.2, -0.15) is 92.6 Å². The van der Waals surface area contributed by atoms with Crippen LogP contribution in [0.5, 0.6) is 0 Å². The number of hydrogen-bond acceptors (Lipinski definition) is 6. The van der Waals surface area contributed by atoms with Crippen molar-refractivity contribution in [2.24, 2.45) is 0 Å². The van der Waals surface area contributed by atoms with Gasteiger partial charge in [0.1, 0.15) is 6.54 Å². The van der Waals surface area contributed by atoms with Crippen molar-refractivity contribution < 1.29 is 68.1 Å². The number of thiophene rings is 1. The summed E-state index contributed by atoms with van der Waals surface area (Å²) >= 11 is 1.92. The van der Waals surface area contributed by atoms with Crippen LogP contribution in [0.4, 0.5) is 11.4 Å². The Bertz CT molecular complexity index is 7340. The maximum absolute atomic E-state index is 7.97. The molecule has 0 saturated heterocycles. The van der Waals surface area contributed by atoms with Crippen LogP contribution in [0, 0.1) is 50.8 Å². The van der Waals surface area contributed by atoms with Gasteiger partial charge in [-0.15, -0.1) is 108 Å². The Morgan fingerprint density at radius 3 is 1.62 bits per heavy atom. The van der Waals surface area contributed by atoms with Crippen LogP contribution in [-0.2, 0) is 66.4 Å². The molecule has 25 rings (SSSR count). The van der Waals surface area contributed by atoms with Crippen LogP contribution >= 0.6 is 11.3 Å². The van der Waals surface area contributed by atoms with Crippen LogP contribution in [0.25, 0.3) is 121 Å². The molecule has 0 saturated carbocycles. The van der Waals surface area contributed by atoms with Crippen LogP contribution in [0.3, 0.4) is 0 Å². The number of rotatable bonds is 7. The molecule has 0 bridgehead atoms. The first-order valence-electron chi connectivity index (χ1n) is 45.3. The zero-order valence-electron chi connectivity index (χ0n) is 77.2. The first-order valence-corrected chi connectivity index (χ1v) is 42.6. The Kier molecular flexibility index (Phi) is 26.0. The van der Waals surface area contributed by atoms with Crippen molar-refractivity contribution in [3.05, 3.63) is 520 Å². The molecule has 0 spiro atoms. The first-order chi connectivity index (χ1) is 65.2. The van der Waals surface area contributed by atoms with Crippen LogP contribution in [0.2, 0.25) is 0 Å². The van der Waals surface area contributed by atoms with Gasteiger partial charge in [-0.05, 0) is 119 Å². The van der Waals surface area contributed by atoms with E-state index in [-0.39, 0.29) is 100 Å². The van der Waals surface area contributed by atoms with E-state index in [1.807, 2.05) is 224 Å². The second-order valence-electron chi connectivity index (χ2n) is 30.2. The van der Waals surface area contributed by atoms with Gasteiger partial charge in [0, 0.05) is 156 Å². The summed E-state index contributed by atoms with van der Waals surface area (Å²) in [5.41, 5.74) is 27.6. The maximum atomic E-state index is 7.97. The summed E-state index contributed by atoms with van der Waals surface area (Å²) in [5.74, 6) is 1.10. The average molecular weight is 2030 g/mol. The van der Waals surface area contributed by atoms with E-state index in [0.29, 0.717) is 5.56 Å². The molecule has 0 N–H and O–H groups in total. The maximum Gasteiger partial charge on any atom is 0.331 e. The molecule has 2 radical (unpaired) electrons. The molecule has 5 aliphatic rings. The number of nitrogens with zero attached hydrogens (tertiary/aromatic N) is 9. The number of pyridine rings is 5. The minimum absolute atomic E-state index is 0. The van der Waals surface area contributed by atoms with Gasteiger partial charge >= 0.3 is 5.82 Å². The van der Waals surface area contributed by atoms with Crippen molar-refractivity contribution in [3.8, 4) is 101 Å².